The van der Waals surface area contributed by atoms with E-state index in [1.807, 2.05) is 30.3 Å². The summed E-state index contributed by atoms with van der Waals surface area (Å²) in [7, 11) is 0. The van der Waals surface area contributed by atoms with E-state index in [0.717, 1.165) is 24.8 Å². The Bertz CT molecular complexity index is 548. The first-order valence-corrected chi connectivity index (χ1v) is 7.44. The zero-order chi connectivity index (χ0) is 15.2. The van der Waals surface area contributed by atoms with Gasteiger partial charge in [-0.05, 0) is 18.4 Å². The quantitative estimate of drug-likeness (QED) is 0.598. The van der Waals surface area contributed by atoms with Crippen LogP contribution < -0.4 is 5.32 Å². The number of nitrogens with one attached hydrogen (secondary N) is 1. The zero-order valence-corrected chi connectivity index (χ0v) is 12.3. The Morgan fingerprint density at radius 3 is 2.62 bits per heavy atom. The van der Waals surface area contributed by atoms with Crippen LogP contribution in [0, 0.1) is 0 Å². The first-order chi connectivity index (χ1) is 10.1. The minimum absolute atomic E-state index is 0.0490. The number of aliphatic hydroxyl groups excluding tert-OH is 1. The molecule has 112 valence electrons. The molecule has 1 aliphatic rings. The fourth-order valence-corrected chi connectivity index (χ4v) is 2.52. The first kappa shape index (κ1) is 15.3. The number of aliphatic hydroxyl groups is 1. The van der Waals surface area contributed by atoms with Gasteiger partial charge in [0.05, 0.1) is 6.04 Å². The van der Waals surface area contributed by atoms with Crippen LogP contribution >= 0.6 is 0 Å². The van der Waals surface area contributed by atoms with Gasteiger partial charge in [-0.15, -0.1) is 0 Å². The summed E-state index contributed by atoms with van der Waals surface area (Å²) in [4.78, 5) is 24.0. The van der Waals surface area contributed by atoms with Crippen molar-refractivity contribution in [3.8, 4) is 0 Å². The van der Waals surface area contributed by atoms with Crippen molar-refractivity contribution in [2.75, 3.05) is 0 Å². The van der Waals surface area contributed by atoms with Gasteiger partial charge in [0.2, 0.25) is 0 Å². The number of hydrogen-bond donors (Lipinski definition) is 2. The minimum Gasteiger partial charge on any atom is -0.509 e. The minimum atomic E-state index is -0.495. The van der Waals surface area contributed by atoms with E-state index in [9.17, 15) is 14.7 Å². The molecule has 1 heterocycles. The third-order valence-corrected chi connectivity index (χ3v) is 3.69. The Morgan fingerprint density at radius 2 is 1.95 bits per heavy atom. The monoisotopic (exact) mass is 287 g/mol. The average molecular weight is 287 g/mol. The summed E-state index contributed by atoms with van der Waals surface area (Å²) >= 11 is 0. The maximum absolute atomic E-state index is 12.1. The second-order valence-corrected chi connectivity index (χ2v) is 5.36. The van der Waals surface area contributed by atoms with Gasteiger partial charge in [0.1, 0.15) is 11.3 Å². The predicted molar refractivity (Wildman–Crippen MR) is 80.9 cm³/mol. The molecule has 2 N–H and O–H groups in total. The Kier molecular flexibility index (Phi) is 5.14. The number of carbonyl (C=O) groups is 2. The molecule has 0 aromatic heterocycles. The highest BCUT2D eigenvalue weighted by molar-refractivity contribution is 6.21. The molecule has 0 unspecified atom stereocenters. The number of carbonyl (C=O) groups excluding carboxylic acids is 2. The highest BCUT2D eigenvalue weighted by atomic mass is 16.3. The van der Waals surface area contributed by atoms with Crippen LogP contribution in [0.25, 0.3) is 0 Å². The van der Waals surface area contributed by atoms with Crippen molar-refractivity contribution in [3.63, 3.8) is 0 Å². The van der Waals surface area contributed by atoms with Gasteiger partial charge in [-0.1, -0.05) is 50.1 Å². The van der Waals surface area contributed by atoms with Crippen molar-refractivity contribution in [2.45, 2.75) is 45.1 Å². The van der Waals surface area contributed by atoms with Gasteiger partial charge in [0.15, 0.2) is 5.78 Å². The molecule has 1 amide bonds. The van der Waals surface area contributed by atoms with Gasteiger partial charge < -0.3 is 10.4 Å². The SMILES string of the molecule is CCCCCC(=O)C1=C(O)[C@@H](Cc2ccccc2)NC1=O. The van der Waals surface area contributed by atoms with E-state index in [4.69, 9.17) is 0 Å². The van der Waals surface area contributed by atoms with Crippen molar-refractivity contribution >= 4 is 11.7 Å². The summed E-state index contributed by atoms with van der Waals surface area (Å²) in [6.07, 6.45) is 3.53. The Labute approximate surface area is 124 Å². The number of amides is 1. The fraction of sp³-hybridized carbons (Fsp3) is 0.412. The molecule has 4 heteroatoms. The van der Waals surface area contributed by atoms with E-state index in [1.54, 1.807) is 0 Å². The number of rotatable bonds is 7. The van der Waals surface area contributed by atoms with Gasteiger partial charge in [0, 0.05) is 6.42 Å². The van der Waals surface area contributed by atoms with Crippen LogP contribution in [0.4, 0.5) is 0 Å². The van der Waals surface area contributed by atoms with E-state index in [-0.39, 0.29) is 17.1 Å². The summed E-state index contributed by atoms with van der Waals surface area (Å²) in [6.45, 7) is 2.05. The smallest absolute Gasteiger partial charge is 0.259 e. The van der Waals surface area contributed by atoms with Crippen LogP contribution in [0.2, 0.25) is 0 Å². The van der Waals surface area contributed by atoms with Crippen LogP contribution in [0.1, 0.15) is 38.2 Å². The van der Waals surface area contributed by atoms with E-state index < -0.39 is 11.9 Å². The fourth-order valence-electron chi connectivity index (χ4n) is 2.52. The molecule has 1 aromatic rings. The van der Waals surface area contributed by atoms with Crippen LogP contribution in [0.15, 0.2) is 41.7 Å². The van der Waals surface area contributed by atoms with E-state index in [0.29, 0.717) is 12.8 Å². The Hall–Kier alpha value is -2.10. The largest absolute Gasteiger partial charge is 0.509 e. The summed E-state index contributed by atoms with van der Waals surface area (Å²) in [5.41, 5.74) is 0.959. The van der Waals surface area contributed by atoms with Crippen molar-refractivity contribution in [1.82, 2.24) is 5.32 Å². The third-order valence-electron chi connectivity index (χ3n) is 3.69. The molecular weight excluding hydrogens is 266 g/mol. The molecule has 21 heavy (non-hydrogen) atoms. The highest BCUT2D eigenvalue weighted by Gasteiger charge is 2.35. The van der Waals surface area contributed by atoms with Gasteiger partial charge >= 0.3 is 0 Å². The molecule has 0 spiro atoms. The van der Waals surface area contributed by atoms with E-state index >= 15 is 0 Å². The number of Topliss-reactive ketones (excluding diaryl/α,β-unsaturated/α-hetero) is 1. The molecule has 0 radical (unpaired) electrons. The maximum atomic E-state index is 12.1. The lowest BCUT2D eigenvalue weighted by molar-refractivity contribution is -0.122. The lowest BCUT2D eigenvalue weighted by Crippen LogP contribution is -2.31. The first-order valence-electron chi connectivity index (χ1n) is 7.44. The summed E-state index contributed by atoms with van der Waals surface area (Å²) in [6, 6.07) is 9.09. The summed E-state index contributed by atoms with van der Waals surface area (Å²) in [5.74, 6) is -0.811. The highest BCUT2D eigenvalue weighted by Crippen LogP contribution is 2.21. The summed E-state index contributed by atoms with van der Waals surface area (Å²) in [5, 5.41) is 12.9. The van der Waals surface area contributed by atoms with Gasteiger partial charge in [-0.3, -0.25) is 9.59 Å². The molecule has 0 aliphatic carbocycles. The number of benzene rings is 1. The van der Waals surface area contributed by atoms with Crippen molar-refractivity contribution < 1.29 is 14.7 Å². The average Bonchev–Trinajstić information content (AvgIpc) is 2.75. The number of ketones is 1. The normalized spacial score (nSPS) is 18.0. The molecule has 0 saturated heterocycles. The standard InChI is InChI=1S/C17H21NO3/c1-2-3-5-10-14(19)15-16(20)13(18-17(15)21)11-12-8-6-4-7-9-12/h4,6-9,13,20H,2-3,5,10-11H2,1H3,(H,18,21)/t13-/m1/s1. The molecule has 4 nitrogen and oxygen atoms in total. The van der Waals surface area contributed by atoms with Crippen LogP contribution in [-0.2, 0) is 16.0 Å². The molecule has 2 rings (SSSR count). The molecule has 0 bridgehead atoms. The molecule has 0 fully saturated rings. The van der Waals surface area contributed by atoms with Crippen LogP contribution in [-0.4, -0.2) is 22.8 Å². The van der Waals surface area contributed by atoms with Crippen molar-refractivity contribution in [2.24, 2.45) is 0 Å². The number of hydrogen-bond acceptors (Lipinski definition) is 3. The van der Waals surface area contributed by atoms with Crippen molar-refractivity contribution in [1.29, 1.82) is 0 Å². The maximum Gasteiger partial charge on any atom is 0.259 e. The van der Waals surface area contributed by atoms with Gasteiger partial charge in [0.25, 0.3) is 5.91 Å². The lowest BCUT2D eigenvalue weighted by atomic mass is 10.0. The van der Waals surface area contributed by atoms with Gasteiger partial charge in [-0.2, -0.15) is 0 Å². The molecule has 0 saturated carbocycles. The van der Waals surface area contributed by atoms with Crippen LogP contribution in [0.5, 0.6) is 0 Å². The topological polar surface area (TPSA) is 66.4 Å². The second-order valence-electron chi connectivity index (χ2n) is 5.36. The number of unbranched alkanes of at least 4 members (excludes halogenated alkanes) is 2. The lowest BCUT2D eigenvalue weighted by Gasteiger charge is -2.10. The van der Waals surface area contributed by atoms with Crippen LogP contribution in [0.3, 0.4) is 0 Å². The zero-order valence-electron chi connectivity index (χ0n) is 12.3. The Balaban J connectivity index is 2.06. The predicted octanol–water partition coefficient (Wildman–Crippen LogP) is 2.69. The summed E-state index contributed by atoms with van der Waals surface area (Å²) < 4.78 is 0. The molecule has 1 atom stereocenters. The Morgan fingerprint density at radius 1 is 1.24 bits per heavy atom. The van der Waals surface area contributed by atoms with E-state index in [1.165, 1.54) is 0 Å². The molecule has 1 aliphatic heterocycles. The molecular formula is C17H21NO3. The third kappa shape index (κ3) is 3.72. The molecule has 1 aromatic carbocycles. The van der Waals surface area contributed by atoms with Crippen molar-refractivity contribution in [3.05, 3.63) is 47.2 Å². The van der Waals surface area contributed by atoms with E-state index in [2.05, 4.69) is 12.2 Å². The van der Waals surface area contributed by atoms with Gasteiger partial charge in [-0.25, -0.2) is 0 Å². The second kappa shape index (κ2) is 7.07.